The molecule has 1 nitrogen and oxygen atoms in total. The van der Waals surface area contributed by atoms with Crippen molar-refractivity contribution in [1.29, 1.82) is 0 Å². The van der Waals surface area contributed by atoms with Crippen molar-refractivity contribution in [3.8, 4) is 0 Å². The second-order valence-electron chi connectivity index (χ2n) is 3.14. The number of nitrogens with one attached hydrogen (secondary N) is 1. The third-order valence-corrected chi connectivity index (χ3v) is 2.82. The van der Waals surface area contributed by atoms with Crippen LogP contribution in [0.25, 0.3) is 0 Å². The molecule has 0 radical (unpaired) electrons. The van der Waals surface area contributed by atoms with Gasteiger partial charge < -0.3 is 5.32 Å². The van der Waals surface area contributed by atoms with Gasteiger partial charge in [-0.1, -0.05) is 40.2 Å². The number of hydrogen-bond acceptors (Lipinski definition) is 1. The summed E-state index contributed by atoms with van der Waals surface area (Å²) in [5.41, 5.74) is 2.94. The summed E-state index contributed by atoms with van der Waals surface area (Å²) in [5.74, 6) is 0. The first-order valence-electron chi connectivity index (χ1n) is 4.29. The molecule has 1 N–H and O–H groups in total. The fourth-order valence-corrected chi connectivity index (χ4v) is 2.10. The zero-order chi connectivity index (χ0) is 8.39. The molecule has 0 saturated carbocycles. The first kappa shape index (κ1) is 8.27. The highest BCUT2D eigenvalue weighted by Crippen LogP contribution is 2.22. The predicted molar refractivity (Wildman–Crippen MR) is 55.5 cm³/mol. The lowest BCUT2D eigenvalue weighted by molar-refractivity contribution is 0.682. The molecule has 0 bridgehead atoms. The lowest BCUT2D eigenvalue weighted by atomic mass is 9.99. The highest BCUT2D eigenvalue weighted by Gasteiger charge is 2.12. The number of alkyl halides is 1. The fraction of sp³-hybridized carbons (Fsp3) is 0.400. The Morgan fingerprint density at radius 2 is 2.33 bits per heavy atom. The molecular formula is C10H12BrN. The van der Waals surface area contributed by atoms with Gasteiger partial charge >= 0.3 is 0 Å². The van der Waals surface area contributed by atoms with Gasteiger partial charge in [0.15, 0.2) is 0 Å². The van der Waals surface area contributed by atoms with Gasteiger partial charge in [0.1, 0.15) is 0 Å². The number of piperidine rings is 1. The van der Waals surface area contributed by atoms with Gasteiger partial charge in [0, 0.05) is 6.54 Å². The van der Waals surface area contributed by atoms with Crippen molar-refractivity contribution < 1.29 is 0 Å². The topological polar surface area (TPSA) is 12.0 Å². The first-order chi connectivity index (χ1) is 5.86. The number of halogens is 1. The van der Waals surface area contributed by atoms with Crippen LogP contribution in [0.5, 0.6) is 0 Å². The predicted octanol–water partition coefficient (Wildman–Crippen LogP) is 2.17. The average molecular weight is 226 g/mol. The first-order valence-corrected chi connectivity index (χ1v) is 5.21. The van der Waals surface area contributed by atoms with Crippen molar-refractivity contribution in [2.75, 3.05) is 13.1 Å². The highest BCUT2D eigenvalue weighted by molar-refractivity contribution is 9.09. The minimum Gasteiger partial charge on any atom is -0.312 e. The van der Waals surface area contributed by atoms with Crippen LogP contribution in [0.4, 0.5) is 0 Å². The van der Waals surface area contributed by atoms with Gasteiger partial charge in [-0.05, 0) is 24.1 Å². The standard InChI is InChI=1S/C10H12BrN/c11-10-3-1-2-9-7-12-5-4-8(9)6-10/h1-3,6,10,12H,4-5,7H2. The van der Waals surface area contributed by atoms with Gasteiger partial charge in [-0.25, -0.2) is 0 Å². The van der Waals surface area contributed by atoms with E-state index in [-0.39, 0.29) is 0 Å². The van der Waals surface area contributed by atoms with E-state index in [9.17, 15) is 0 Å². The smallest absolute Gasteiger partial charge is 0.0514 e. The molecule has 0 aromatic rings. The van der Waals surface area contributed by atoms with E-state index in [4.69, 9.17) is 0 Å². The highest BCUT2D eigenvalue weighted by atomic mass is 79.9. The molecule has 2 heteroatoms. The van der Waals surface area contributed by atoms with Crippen molar-refractivity contribution in [3.63, 3.8) is 0 Å². The van der Waals surface area contributed by atoms with Crippen molar-refractivity contribution in [3.05, 3.63) is 35.5 Å². The molecule has 12 heavy (non-hydrogen) atoms. The van der Waals surface area contributed by atoms with Crippen LogP contribution in [0.15, 0.2) is 35.5 Å². The van der Waals surface area contributed by atoms with Gasteiger partial charge in [-0.2, -0.15) is 0 Å². The molecule has 2 aliphatic rings. The Hall–Kier alpha value is -0.340. The van der Waals surface area contributed by atoms with E-state index >= 15 is 0 Å². The van der Waals surface area contributed by atoms with Gasteiger partial charge in [0.2, 0.25) is 0 Å². The number of rotatable bonds is 0. The normalized spacial score (nSPS) is 28.6. The monoisotopic (exact) mass is 225 g/mol. The van der Waals surface area contributed by atoms with Crippen molar-refractivity contribution in [2.45, 2.75) is 11.2 Å². The summed E-state index contributed by atoms with van der Waals surface area (Å²) in [6.45, 7) is 2.14. The van der Waals surface area contributed by atoms with E-state index < -0.39 is 0 Å². The number of fused-ring (bicyclic) bond motifs is 1. The van der Waals surface area contributed by atoms with Crippen LogP contribution in [0, 0.1) is 0 Å². The Bertz CT molecular complexity index is 263. The quantitative estimate of drug-likeness (QED) is 0.624. The zero-order valence-corrected chi connectivity index (χ0v) is 8.47. The van der Waals surface area contributed by atoms with Crippen LogP contribution in [0.2, 0.25) is 0 Å². The number of allylic oxidation sites excluding steroid dienone is 4. The third-order valence-electron chi connectivity index (χ3n) is 2.25. The maximum Gasteiger partial charge on any atom is 0.0514 e. The Kier molecular flexibility index (Phi) is 2.47. The van der Waals surface area contributed by atoms with E-state index in [0.29, 0.717) is 4.83 Å². The molecule has 2 rings (SSSR count). The maximum absolute atomic E-state index is 3.58. The van der Waals surface area contributed by atoms with Crippen molar-refractivity contribution in [1.82, 2.24) is 5.32 Å². The third kappa shape index (κ3) is 1.70. The molecule has 0 aromatic heterocycles. The Balaban J connectivity index is 2.28. The fourth-order valence-electron chi connectivity index (χ4n) is 1.60. The molecule has 1 atom stereocenters. The second kappa shape index (κ2) is 3.58. The molecule has 1 aliphatic carbocycles. The van der Waals surface area contributed by atoms with Crippen LogP contribution in [-0.2, 0) is 0 Å². The van der Waals surface area contributed by atoms with E-state index in [1.165, 1.54) is 11.1 Å². The van der Waals surface area contributed by atoms with Crippen LogP contribution < -0.4 is 5.32 Å². The maximum atomic E-state index is 3.58. The molecule has 1 unspecified atom stereocenters. The van der Waals surface area contributed by atoms with Gasteiger partial charge in [0.25, 0.3) is 0 Å². The van der Waals surface area contributed by atoms with Crippen LogP contribution in [0.1, 0.15) is 6.42 Å². The van der Waals surface area contributed by atoms with Crippen molar-refractivity contribution >= 4 is 15.9 Å². The van der Waals surface area contributed by atoms with Crippen molar-refractivity contribution in [2.24, 2.45) is 0 Å². The largest absolute Gasteiger partial charge is 0.312 e. The van der Waals surface area contributed by atoms with Gasteiger partial charge in [-0.15, -0.1) is 0 Å². The molecule has 0 spiro atoms. The van der Waals surface area contributed by atoms with Gasteiger partial charge in [-0.3, -0.25) is 0 Å². The SMILES string of the molecule is BrC1C=CC=C2CNCCC2=C1. The Labute approximate surface area is 81.4 Å². The summed E-state index contributed by atoms with van der Waals surface area (Å²) in [6.07, 6.45) is 9.97. The lowest BCUT2D eigenvalue weighted by Gasteiger charge is -2.18. The zero-order valence-electron chi connectivity index (χ0n) is 6.89. The van der Waals surface area contributed by atoms with Crippen LogP contribution >= 0.6 is 15.9 Å². The summed E-state index contributed by atoms with van der Waals surface area (Å²) in [7, 11) is 0. The summed E-state index contributed by atoms with van der Waals surface area (Å²) >= 11 is 3.58. The summed E-state index contributed by atoms with van der Waals surface area (Å²) in [5, 5.41) is 3.37. The molecule has 0 amide bonds. The minimum absolute atomic E-state index is 0.416. The van der Waals surface area contributed by atoms with Crippen LogP contribution in [0.3, 0.4) is 0 Å². The molecule has 1 aliphatic heterocycles. The average Bonchev–Trinajstić information content (AvgIpc) is 2.25. The molecule has 1 heterocycles. The van der Waals surface area contributed by atoms with Crippen LogP contribution in [-0.4, -0.2) is 17.9 Å². The number of hydrogen-bond donors (Lipinski definition) is 1. The second-order valence-corrected chi connectivity index (χ2v) is 4.20. The summed E-state index contributed by atoms with van der Waals surface area (Å²) in [6, 6.07) is 0. The molecule has 1 saturated heterocycles. The summed E-state index contributed by atoms with van der Waals surface area (Å²) < 4.78 is 0. The van der Waals surface area contributed by atoms with E-state index in [0.717, 1.165) is 19.5 Å². The minimum atomic E-state index is 0.416. The molecule has 64 valence electrons. The van der Waals surface area contributed by atoms with Gasteiger partial charge in [0.05, 0.1) is 4.83 Å². The molecular weight excluding hydrogens is 214 g/mol. The Morgan fingerprint density at radius 1 is 1.42 bits per heavy atom. The lowest BCUT2D eigenvalue weighted by Crippen LogP contribution is -2.25. The summed E-state index contributed by atoms with van der Waals surface area (Å²) in [4.78, 5) is 0.416. The Morgan fingerprint density at radius 3 is 3.25 bits per heavy atom. The van der Waals surface area contributed by atoms with E-state index in [1.54, 1.807) is 0 Å². The van der Waals surface area contributed by atoms with E-state index in [2.05, 4.69) is 45.6 Å². The van der Waals surface area contributed by atoms with E-state index in [1.807, 2.05) is 0 Å². The molecule has 0 aromatic carbocycles. The molecule has 1 fully saturated rings.